The van der Waals surface area contributed by atoms with E-state index in [-0.39, 0.29) is 17.9 Å². The van der Waals surface area contributed by atoms with E-state index < -0.39 is 10.0 Å². The second kappa shape index (κ2) is 7.50. The monoisotopic (exact) mass is 327 g/mol. The number of rotatable bonds is 7. The average molecular weight is 328 g/mol. The maximum atomic E-state index is 12.5. The fraction of sp³-hybridized carbons (Fsp3) is 1.00. The van der Waals surface area contributed by atoms with Crippen LogP contribution in [-0.4, -0.2) is 61.2 Å². The van der Waals surface area contributed by atoms with Crippen molar-refractivity contribution in [1.82, 2.24) is 4.31 Å². The van der Waals surface area contributed by atoms with Gasteiger partial charge in [0, 0.05) is 30.8 Å². The van der Waals surface area contributed by atoms with Gasteiger partial charge in [0.25, 0.3) is 0 Å². The van der Waals surface area contributed by atoms with Gasteiger partial charge in [-0.25, -0.2) is 8.42 Å². The number of hydrogen-bond donors (Lipinski definition) is 0. The van der Waals surface area contributed by atoms with E-state index in [0.29, 0.717) is 18.8 Å². The van der Waals surface area contributed by atoms with Crippen molar-refractivity contribution in [3.8, 4) is 0 Å². The zero-order valence-corrected chi connectivity index (χ0v) is 13.5. The second-order valence-corrected chi connectivity index (χ2v) is 8.65. The van der Waals surface area contributed by atoms with Gasteiger partial charge in [0.2, 0.25) is 10.0 Å². The third-order valence-corrected chi connectivity index (χ3v) is 6.99. The molecule has 0 aliphatic carbocycles. The van der Waals surface area contributed by atoms with Crippen LogP contribution in [0.3, 0.4) is 0 Å². The normalized spacial score (nSPS) is 28.3. The molecule has 0 aromatic carbocycles. The molecule has 2 heterocycles. The Labute approximate surface area is 125 Å². The Balaban J connectivity index is 2.03. The van der Waals surface area contributed by atoms with E-state index in [0.717, 1.165) is 37.4 Å². The van der Waals surface area contributed by atoms with Gasteiger partial charge in [0.05, 0.1) is 11.9 Å². The van der Waals surface area contributed by atoms with Gasteiger partial charge in [-0.2, -0.15) is 16.1 Å². The Morgan fingerprint density at radius 1 is 1.37 bits per heavy atom. The van der Waals surface area contributed by atoms with Gasteiger partial charge in [-0.15, -0.1) is 11.6 Å². The first kappa shape index (κ1) is 15.9. The Hall–Kier alpha value is 0.510. The molecule has 19 heavy (non-hydrogen) atoms. The van der Waals surface area contributed by atoms with Crippen LogP contribution in [0.5, 0.6) is 0 Å². The van der Waals surface area contributed by atoms with Crippen molar-refractivity contribution in [2.75, 3.05) is 36.3 Å². The molecule has 2 aliphatic heterocycles. The molecule has 0 amide bonds. The summed E-state index contributed by atoms with van der Waals surface area (Å²) in [6, 6.07) is 0.148. The van der Waals surface area contributed by atoms with Crippen LogP contribution in [0.25, 0.3) is 0 Å². The fourth-order valence-corrected chi connectivity index (χ4v) is 5.96. The van der Waals surface area contributed by atoms with Crippen molar-refractivity contribution in [3.63, 3.8) is 0 Å². The van der Waals surface area contributed by atoms with Gasteiger partial charge < -0.3 is 4.74 Å². The van der Waals surface area contributed by atoms with Crippen LogP contribution in [0, 0.1) is 0 Å². The topological polar surface area (TPSA) is 46.6 Å². The molecule has 4 nitrogen and oxygen atoms in total. The number of ether oxygens (including phenoxy) is 1. The largest absolute Gasteiger partial charge is 0.377 e. The lowest BCUT2D eigenvalue weighted by Gasteiger charge is -2.29. The molecule has 0 saturated carbocycles. The fourth-order valence-electron chi connectivity index (χ4n) is 2.58. The van der Waals surface area contributed by atoms with Gasteiger partial charge in [0.15, 0.2) is 0 Å². The van der Waals surface area contributed by atoms with Crippen LogP contribution in [0.4, 0.5) is 0 Å². The summed E-state index contributed by atoms with van der Waals surface area (Å²) in [5.41, 5.74) is 0. The smallest absolute Gasteiger partial charge is 0.214 e. The van der Waals surface area contributed by atoms with Crippen molar-refractivity contribution >= 4 is 33.4 Å². The zero-order valence-electron chi connectivity index (χ0n) is 11.1. The Bertz CT molecular complexity index is 365. The quantitative estimate of drug-likeness (QED) is 0.670. The number of sulfonamides is 1. The van der Waals surface area contributed by atoms with Crippen LogP contribution >= 0.6 is 23.4 Å². The minimum Gasteiger partial charge on any atom is -0.377 e. The Morgan fingerprint density at radius 2 is 2.21 bits per heavy atom. The molecule has 7 heteroatoms. The highest BCUT2D eigenvalue weighted by Crippen LogP contribution is 2.27. The molecular formula is C12H22ClNO3S2. The number of nitrogens with zero attached hydrogens (tertiary/aromatic N) is 1. The van der Waals surface area contributed by atoms with Gasteiger partial charge in [-0.1, -0.05) is 0 Å². The number of alkyl halides is 1. The molecule has 2 aliphatic rings. The van der Waals surface area contributed by atoms with Crippen LogP contribution < -0.4 is 0 Å². The van der Waals surface area contributed by atoms with Crippen LogP contribution in [0.15, 0.2) is 0 Å². The summed E-state index contributed by atoms with van der Waals surface area (Å²) in [5.74, 6) is 2.52. The standard InChI is InChI=1S/C12H22ClNO3S2/c13-5-2-8-19(15,16)14(11-4-7-18-10-11)9-12-3-1-6-17-12/h11-12H,1-10H2. The highest BCUT2D eigenvalue weighted by molar-refractivity contribution is 7.99. The highest BCUT2D eigenvalue weighted by atomic mass is 35.5. The summed E-state index contributed by atoms with van der Waals surface area (Å²) in [6.45, 7) is 1.29. The summed E-state index contributed by atoms with van der Waals surface area (Å²) in [7, 11) is -3.20. The zero-order chi connectivity index (χ0) is 13.7. The summed E-state index contributed by atoms with van der Waals surface area (Å²) in [5, 5.41) is 0. The van der Waals surface area contributed by atoms with Gasteiger partial charge >= 0.3 is 0 Å². The second-order valence-electron chi connectivity index (χ2n) is 5.08. The third kappa shape index (κ3) is 4.49. The summed E-state index contributed by atoms with van der Waals surface area (Å²) >= 11 is 7.47. The predicted molar refractivity (Wildman–Crippen MR) is 80.5 cm³/mol. The van der Waals surface area contributed by atoms with Crippen LogP contribution in [-0.2, 0) is 14.8 Å². The Morgan fingerprint density at radius 3 is 2.79 bits per heavy atom. The van der Waals surface area contributed by atoms with E-state index in [4.69, 9.17) is 16.3 Å². The number of halogens is 1. The van der Waals surface area contributed by atoms with Gasteiger partial charge in [0.1, 0.15) is 0 Å². The summed E-state index contributed by atoms with van der Waals surface area (Å²) in [4.78, 5) is 0. The summed E-state index contributed by atoms with van der Waals surface area (Å²) in [6.07, 6.45) is 3.57. The molecular weight excluding hydrogens is 306 g/mol. The number of thioether (sulfide) groups is 1. The van der Waals surface area contributed by atoms with E-state index in [2.05, 4.69) is 0 Å². The van der Waals surface area contributed by atoms with E-state index in [9.17, 15) is 8.42 Å². The minimum atomic E-state index is -3.20. The highest BCUT2D eigenvalue weighted by Gasteiger charge is 2.34. The van der Waals surface area contributed by atoms with Crippen LogP contribution in [0.1, 0.15) is 25.7 Å². The molecule has 112 valence electrons. The van der Waals surface area contributed by atoms with Crippen molar-refractivity contribution in [3.05, 3.63) is 0 Å². The number of hydrogen-bond acceptors (Lipinski definition) is 4. The van der Waals surface area contributed by atoms with E-state index in [1.54, 1.807) is 4.31 Å². The van der Waals surface area contributed by atoms with Crippen molar-refractivity contribution in [2.24, 2.45) is 0 Å². The Kier molecular flexibility index (Phi) is 6.27. The molecule has 2 rings (SSSR count). The maximum Gasteiger partial charge on any atom is 0.214 e. The van der Waals surface area contributed by atoms with Crippen molar-refractivity contribution in [1.29, 1.82) is 0 Å². The third-order valence-electron chi connectivity index (χ3n) is 3.61. The van der Waals surface area contributed by atoms with E-state index in [1.807, 2.05) is 11.8 Å². The molecule has 0 aromatic heterocycles. The lowest BCUT2D eigenvalue weighted by molar-refractivity contribution is 0.0877. The summed E-state index contributed by atoms with van der Waals surface area (Å²) < 4.78 is 32.2. The molecule has 2 fully saturated rings. The van der Waals surface area contributed by atoms with Crippen LogP contribution in [0.2, 0.25) is 0 Å². The predicted octanol–water partition coefficient (Wildman–Crippen LogP) is 1.93. The molecule has 2 atom stereocenters. The van der Waals surface area contributed by atoms with Crippen molar-refractivity contribution < 1.29 is 13.2 Å². The average Bonchev–Trinajstić information content (AvgIpc) is 3.05. The lowest BCUT2D eigenvalue weighted by atomic mass is 10.2. The minimum absolute atomic E-state index is 0.0800. The molecule has 0 spiro atoms. The first-order valence-corrected chi connectivity index (χ1v) is 10.2. The molecule has 0 radical (unpaired) electrons. The van der Waals surface area contributed by atoms with Gasteiger partial charge in [-0.05, 0) is 31.4 Å². The first-order chi connectivity index (χ1) is 9.13. The lowest BCUT2D eigenvalue weighted by Crippen LogP contribution is -2.45. The molecule has 0 aromatic rings. The van der Waals surface area contributed by atoms with E-state index >= 15 is 0 Å². The molecule has 0 N–H and O–H groups in total. The van der Waals surface area contributed by atoms with E-state index in [1.165, 1.54) is 0 Å². The SMILES string of the molecule is O=S(=O)(CCCCl)N(CC1CCCO1)C1CCSC1. The maximum absolute atomic E-state index is 12.5. The molecule has 0 bridgehead atoms. The molecule has 2 unspecified atom stereocenters. The van der Waals surface area contributed by atoms with Crippen molar-refractivity contribution in [2.45, 2.75) is 37.8 Å². The van der Waals surface area contributed by atoms with Gasteiger partial charge in [-0.3, -0.25) is 0 Å². The molecule has 2 saturated heterocycles. The first-order valence-electron chi connectivity index (χ1n) is 6.88.